The van der Waals surface area contributed by atoms with Crippen molar-refractivity contribution < 1.29 is 9.53 Å². The van der Waals surface area contributed by atoms with Gasteiger partial charge >= 0.3 is 0 Å². The van der Waals surface area contributed by atoms with Gasteiger partial charge in [-0.3, -0.25) is 9.69 Å². The van der Waals surface area contributed by atoms with Crippen molar-refractivity contribution in [1.82, 2.24) is 14.9 Å². The van der Waals surface area contributed by atoms with Gasteiger partial charge in [0.2, 0.25) is 5.88 Å². The van der Waals surface area contributed by atoms with Crippen LogP contribution in [0.3, 0.4) is 0 Å². The standard InChI is InChI=1S/C15H15N3O2/c1-18-8-12(9-18)20-15-7-3-6-14(17-15)13-5-2-4-11(10-19)16-13/h2-7,10,12H,8-9H2,1H3. The summed E-state index contributed by atoms with van der Waals surface area (Å²) in [6, 6.07) is 10.9. The summed E-state index contributed by atoms with van der Waals surface area (Å²) in [5.41, 5.74) is 1.78. The third-order valence-electron chi connectivity index (χ3n) is 3.20. The normalized spacial score (nSPS) is 15.7. The van der Waals surface area contributed by atoms with Crippen molar-refractivity contribution in [3.63, 3.8) is 0 Å². The number of likely N-dealkylation sites (tertiary alicyclic amines) is 1. The van der Waals surface area contributed by atoms with E-state index in [1.165, 1.54) is 0 Å². The molecule has 1 saturated heterocycles. The zero-order chi connectivity index (χ0) is 13.9. The topological polar surface area (TPSA) is 55.3 Å². The second-order valence-electron chi connectivity index (χ2n) is 4.89. The van der Waals surface area contributed by atoms with Crippen molar-refractivity contribution in [2.75, 3.05) is 20.1 Å². The maximum Gasteiger partial charge on any atom is 0.214 e. The number of likely N-dealkylation sites (N-methyl/N-ethyl adjacent to an activating group) is 1. The SMILES string of the molecule is CN1CC(Oc2cccc(-c3cccc(C=O)n3)n2)C1. The molecule has 1 fully saturated rings. The Bertz CT molecular complexity index is 624. The fourth-order valence-corrected chi connectivity index (χ4v) is 2.17. The van der Waals surface area contributed by atoms with Crippen molar-refractivity contribution in [3.8, 4) is 17.3 Å². The molecule has 5 nitrogen and oxygen atoms in total. The predicted molar refractivity (Wildman–Crippen MR) is 74.8 cm³/mol. The summed E-state index contributed by atoms with van der Waals surface area (Å²) in [5, 5.41) is 0. The molecule has 0 spiro atoms. The lowest BCUT2D eigenvalue weighted by Crippen LogP contribution is -2.51. The highest BCUT2D eigenvalue weighted by atomic mass is 16.5. The van der Waals surface area contributed by atoms with Gasteiger partial charge in [-0.2, -0.15) is 0 Å². The Hall–Kier alpha value is -2.27. The van der Waals surface area contributed by atoms with E-state index in [2.05, 4.69) is 21.9 Å². The monoisotopic (exact) mass is 269 g/mol. The minimum atomic E-state index is 0.206. The Labute approximate surface area is 117 Å². The van der Waals surface area contributed by atoms with Crippen LogP contribution in [0.2, 0.25) is 0 Å². The Balaban J connectivity index is 1.81. The van der Waals surface area contributed by atoms with E-state index in [4.69, 9.17) is 4.74 Å². The number of rotatable bonds is 4. The maximum atomic E-state index is 10.8. The highest BCUT2D eigenvalue weighted by molar-refractivity contribution is 5.73. The average Bonchev–Trinajstić information content (AvgIpc) is 2.46. The maximum absolute atomic E-state index is 10.8. The van der Waals surface area contributed by atoms with E-state index in [-0.39, 0.29) is 6.10 Å². The first-order chi connectivity index (χ1) is 9.74. The van der Waals surface area contributed by atoms with E-state index in [0.717, 1.165) is 19.4 Å². The first-order valence-corrected chi connectivity index (χ1v) is 6.49. The molecule has 3 heterocycles. The number of aldehydes is 1. The predicted octanol–water partition coefficient (Wildman–Crippen LogP) is 1.65. The van der Waals surface area contributed by atoms with Gasteiger partial charge in [0.15, 0.2) is 6.29 Å². The summed E-state index contributed by atoms with van der Waals surface area (Å²) in [6.45, 7) is 1.84. The van der Waals surface area contributed by atoms with Crippen molar-refractivity contribution in [3.05, 3.63) is 42.1 Å². The molecule has 0 N–H and O–H groups in total. The van der Waals surface area contributed by atoms with Crippen LogP contribution in [0.25, 0.3) is 11.4 Å². The highest BCUT2D eigenvalue weighted by Gasteiger charge is 2.25. The molecule has 0 unspecified atom stereocenters. The van der Waals surface area contributed by atoms with Gasteiger partial charge in [0.05, 0.1) is 11.4 Å². The zero-order valence-corrected chi connectivity index (χ0v) is 11.2. The van der Waals surface area contributed by atoms with Gasteiger partial charge in [-0.05, 0) is 25.2 Å². The molecule has 20 heavy (non-hydrogen) atoms. The molecule has 0 atom stereocenters. The zero-order valence-electron chi connectivity index (χ0n) is 11.2. The Kier molecular flexibility index (Phi) is 3.43. The summed E-state index contributed by atoms with van der Waals surface area (Å²) in [7, 11) is 2.05. The molecule has 0 bridgehead atoms. The van der Waals surface area contributed by atoms with Gasteiger partial charge < -0.3 is 4.74 Å². The molecule has 2 aromatic rings. The van der Waals surface area contributed by atoms with Gasteiger partial charge in [0, 0.05) is 19.2 Å². The van der Waals surface area contributed by atoms with Gasteiger partial charge in [-0.15, -0.1) is 0 Å². The van der Waals surface area contributed by atoms with Gasteiger partial charge in [-0.1, -0.05) is 12.1 Å². The third-order valence-corrected chi connectivity index (χ3v) is 3.20. The Morgan fingerprint density at radius 3 is 2.55 bits per heavy atom. The lowest BCUT2D eigenvalue weighted by molar-refractivity contribution is 0.0356. The molecule has 3 rings (SSSR count). The molecule has 0 aromatic carbocycles. The molecule has 0 amide bonds. The smallest absolute Gasteiger partial charge is 0.214 e. The molecule has 0 aliphatic carbocycles. The van der Waals surface area contributed by atoms with Crippen LogP contribution < -0.4 is 4.74 Å². The number of pyridine rings is 2. The van der Waals surface area contributed by atoms with Crippen molar-refractivity contribution in [1.29, 1.82) is 0 Å². The van der Waals surface area contributed by atoms with Crippen LogP contribution in [0, 0.1) is 0 Å². The number of hydrogen-bond donors (Lipinski definition) is 0. The van der Waals surface area contributed by atoms with Crippen LogP contribution in [0.5, 0.6) is 5.88 Å². The molecule has 0 saturated carbocycles. The van der Waals surface area contributed by atoms with Crippen LogP contribution >= 0.6 is 0 Å². The second kappa shape index (κ2) is 5.38. The summed E-state index contributed by atoms with van der Waals surface area (Å²) in [5.74, 6) is 0.596. The van der Waals surface area contributed by atoms with E-state index in [0.29, 0.717) is 23.0 Å². The minimum absolute atomic E-state index is 0.206. The van der Waals surface area contributed by atoms with Crippen LogP contribution in [0.1, 0.15) is 10.5 Å². The molecule has 0 radical (unpaired) electrons. The van der Waals surface area contributed by atoms with Crippen molar-refractivity contribution >= 4 is 6.29 Å². The fraction of sp³-hybridized carbons (Fsp3) is 0.267. The minimum Gasteiger partial charge on any atom is -0.472 e. The molecule has 5 heteroatoms. The summed E-state index contributed by atoms with van der Waals surface area (Å²) >= 11 is 0. The summed E-state index contributed by atoms with van der Waals surface area (Å²) in [6.07, 6.45) is 0.936. The van der Waals surface area contributed by atoms with Gasteiger partial charge in [0.1, 0.15) is 11.8 Å². The number of carbonyl (C=O) groups excluding carboxylic acids is 1. The average molecular weight is 269 g/mol. The highest BCUT2D eigenvalue weighted by Crippen LogP contribution is 2.20. The quantitative estimate of drug-likeness (QED) is 0.790. The molecule has 102 valence electrons. The molecule has 1 aliphatic rings. The third kappa shape index (κ3) is 2.67. The molecule has 1 aliphatic heterocycles. The Morgan fingerprint density at radius 2 is 1.85 bits per heavy atom. The van der Waals surface area contributed by atoms with Gasteiger partial charge in [0.25, 0.3) is 0 Å². The summed E-state index contributed by atoms with van der Waals surface area (Å²) < 4.78 is 5.79. The fourth-order valence-electron chi connectivity index (χ4n) is 2.17. The van der Waals surface area contributed by atoms with Crippen LogP contribution in [0.15, 0.2) is 36.4 Å². The lowest BCUT2D eigenvalue weighted by Gasteiger charge is -2.35. The van der Waals surface area contributed by atoms with E-state index in [1.54, 1.807) is 12.1 Å². The van der Waals surface area contributed by atoms with E-state index in [9.17, 15) is 4.79 Å². The Morgan fingerprint density at radius 1 is 1.15 bits per heavy atom. The number of aromatic nitrogens is 2. The molecular formula is C15H15N3O2. The van der Waals surface area contributed by atoms with Crippen molar-refractivity contribution in [2.24, 2.45) is 0 Å². The number of carbonyl (C=O) groups is 1. The molecular weight excluding hydrogens is 254 g/mol. The van der Waals surface area contributed by atoms with Crippen LogP contribution in [-0.4, -0.2) is 47.4 Å². The number of hydrogen-bond acceptors (Lipinski definition) is 5. The first kappa shape index (κ1) is 12.7. The molecule has 2 aromatic heterocycles. The van der Waals surface area contributed by atoms with E-state index >= 15 is 0 Å². The van der Waals surface area contributed by atoms with E-state index < -0.39 is 0 Å². The van der Waals surface area contributed by atoms with E-state index in [1.807, 2.05) is 24.3 Å². The largest absolute Gasteiger partial charge is 0.472 e. The lowest BCUT2D eigenvalue weighted by atomic mass is 10.2. The van der Waals surface area contributed by atoms with Crippen LogP contribution in [-0.2, 0) is 0 Å². The van der Waals surface area contributed by atoms with Gasteiger partial charge in [-0.25, -0.2) is 9.97 Å². The summed E-state index contributed by atoms with van der Waals surface area (Å²) in [4.78, 5) is 21.6. The first-order valence-electron chi connectivity index (χ1n) is 6.49. The number of nitrogens with zero attached hydrogens (tertiary/aromatic N) is 3. The second-order valence-corrected chi connectivity index (χ2v) is 4.89. The van der Waals surface area contributed by atoms with Crippen LogP contribution in [0.4, 0.5) is 0 Å². The number of ether oxygens (including phenoxy) is 1. The van der Waals surface area contributed by atoms with Crippen molar-refractivity contribution in [2.45, 2.75) is 6.10 Å².